The van der Waals surface area contributed by atoms with Crippen LogP contribution in [0.15, 0.2) is 66.7 Å². The molecule has 2 heterocycles. The van der Waals surface area contributed by atoms with Crippen molar-refractivity contribution in [2.24, 2.45) is 5.92 Å². The molecule has 30 heavy (non-hydrogen) atoms. The zero-order valence-electron chi connectivity index (χ0n) is 17.1. The van der Waals surface area contributed by atoms with Gasteiger partial charge in [0, 0.05) is 25.3 Å². The highest BCUT2D eigenvalue weighted by molar-refractivity contribution is 7.80. The van der Waals surface area contributed by atoms with Crippen molar-refractivity contribution in [2.45, 2.75) is 18.7 Å². The Morgan fingerprint density at radius 2 is 1.77 bits per heavy atom. The van der Waals surface area contributed by atoms with Crippen LogP contribution in [0.25, 0.3) is 10.8 Å². The normalized spacial score (nSPS) is 24.6. The summed E-state index contributed by atoms with van der Waals surface area (Å²) >= 11 is 5.80. The van der Waals surface area contributed by atoms with Gasteiger partial charge in [0.2, 0.25) is 5.91 Å². The minimum Gasteiger partial charge on any atom is -0.466 e. The Labute approximate surface area is 181 Å². The van der Waals surface area contributed by atoms with E-state index >= 15 is 0 Å². The van der Waals surface area contributed by atoms with Gasteiger partial charge in [-0.2, -0.15) is 0 Å². The smallest absolute Gasteiger partial charge is 0.233 e. The van der Waals surface area contributed by atoms with Crippen LogP contribution >= 0.6 is 12.2 Å². The summed E-state index contributed by atoms with van der Waals surface area (Å²) in [6.07, 6.45) is 0. The number of ether oxygens (including phenoxy) is 1. The van der Waals surface area contributed by atoms with Crippen LogP contribution in [0.3, 0.4) is 0 Å². The fourth-order valence-electron chi connectivity index (χ4n) is 4.79. The first kappa shape index (κ1) is 18.9. The van der Waals surface area contributed by atoms with Crippen molar-refractivity contribution in [1.29, 1.82) is 0 Å². The molecule has 5 nitrogen and oxygen atoms in total. The van der Waals surface area contributed by atoms with Crippen molar-refractivity contribution >= 4 is 39.7 Å². The SMILES string of the molecule is CN(C)C(=O)[C@H]1[C@H]2NC(=S)N(c3ccccc3)[C@@]1(C)Oc1ccc3ccccc3c12. The average molecular weight is 418 g/mol. The quantitative estimate of drug-likeness (QED) is 0.637. The van der Waals surface area contributed by atoms with Gasteiger partial charge in [0.15, 0.2) is 10.8 Å². The molecule has 2 aliphatic heterocycles. The van der Waals surface area contributed by atoms with E-state index in [0.717, 1.165) is 27.8 Å². The lowest BCUT2D eigenvalue weighted by atomic mass is 9.77. The van der Waals surface area contributed by atoms with Crippen molar-refractivity contribution < 1.29 is 9.53 Å². The van der Waals surface area contributed by atoms with E-state index < -0.39 is 11.6 Å². The van der Waals surface area contributed by atoms with Gasteiger partial charge in [0.25, 0.3) is 0 Å². The number of nitrogens with one attached hydrogen (secondary N) is 1. The number of carbonyl (C=O) groups is 1. The van der Waals surface area contributed by atoms with E-state index in [1.54, 1.807) is 19.0 Å². The number of anilines is 1. The van der Waals surface area contributed by atoms with Crippen LogP contribution in [0.2, 0.25) is 0 Å². The minimum atomic E-state index is -0.967. The van der Waals surface area contributed by atoms with Crippen molar-refractivity contribution in [3.05, 3.63) is 72.3 Å². The second-order valence-electron chi connectivity index (χ2n) is 8.16. The van der Waals surface area contributed by atoms with Crippen molar-refractivity contribution in [3.63, 3.8) is 0 Å². The first-order valence-electron chi connectivity index (χ1n) is 9.99. The molecule has 0 radical (unpaired) electrons. The molecular weight excluding hydrogens is 394 g/mol. The standard InChI is InChI=1S/C24H23N3O2S/c1-24-20(22(28)26(2)3)21(25-23(30)27(24)16-10-5-4-6-11-16)19-17-12-8-7-9-15(17)13-14-18(19)29-24/h4-14,20-21H,1-3H3,(H,25,30)/t20-,21+,24+/m1/s1. The number of amides is 1. The van der Waals surface area contributed by atoms with Crippen LogP contribution < -0.4 is 15.0 Å². The number of fused-ring (bicyclic) bond motifs is 6. The number of hydrogen-bond donors (Lipinski definition) is 1. The lowest BCUT2D eigenvalue weighted by Gasteiger charge is -2.56. The maximum atomic E-state index is 13.5. The Balaban J connectivity index is 1.77. The third-order valence-electron chi connectivity index (χ3n) is 6.12. The maximum Gasteiger partial charge on any atom is 0.233 e. The molecule has 5 rings (SSSR count). The lowest BCUT2D eigenvalue weighted by Crippen LogP contribution is -2.72. The molecule has 1 saturated heterocycles. The van der Waals surface area contributed by atoms with Crippen molar-refractivity contribution in [3.8, 4) is 5.75 Å². The lowest BCUT2D eigenvalue weighted by molar-refractivity contribution is -0.144. The predicted octanol–water partition coefficient (Wildman–Crippen LogP) is 4.09. The van der Waals surface area contributed by atoms with Gasteiger partial charge < -0.3 is 15.0 Å². The molecule has 0 saturated carbocycles. The summed E-state index contributed by atoms with van der Waals surface area (Å²) in [6.45, 7) is 1.96. The minimum absolute atomic E-state index is 0.00276. The molecule has 6 heteroatoms. The number of carbonyl (C=O) groups excluding carboxylic acids is 1. The van der Waals surface area contributed by atoms with Gasteiger partial charge in [-0.3, -0.25) is 9.69 Å². The van der Waals surface area contributed by atoms with E-state index in [-0.39, 0.29) is 11.9 Å². The summed E-state index contributed by atoms with van der Waals surface area (Å²) in [7, 11) is 3.57. The number of nitrogens with zero attached hydrogens (tertiary/aromatic N) is 2. The van der Waals surface area contributed by atoms with Gasteiger partial charge in [0.1, 0.15) is 11.7 Å². The Morgan fingerprint density at radius 1 is 1.07 bits per heavy atom. The monoisotopic (exact) mass is 417 g/mol. The van der Waals surface area contributed by atoms with Gasteiger partial charge in [-0.15, -0.1) is 0 Å². The molecule has 2 bridgehead atoms. The number of benzene rings is 3. The highest BCUT2D eigenvalue weighted by atomic mass is 32.1. The van der Waals surface area contributed by atoms with E-state index in [1.165, 1.54) is 0 Å². The highest BCUT2D eigenvalue weighted by Crippen LogP contribution is 2.51. The van der Waals surface area contributed by atoms with E-state index in [0.29, 0.717) is 5.11 Å². The van der Waals surface area contributed by atoms with Gasteiger partial charge in [0.05, 0.1) is 6.04 Å². The van der Waals surface area contributed by atoms with Gasteiger partial charge in [-0.25, -0.2) is 0 Å². The third kappa shape index (κ3) is 2.60. The molecule has 152 valence electrons. The zero-order valence-corrected chi connectivity index (χ0v) is 17.9. The fraction of sp³-hybridized carbons (Fsp3) is 0.250. The number of thiocarbonyl (C=S) groups is 1. The molecular formula is C24H23N3O2S. The van der Waals surface area contributed by atoms with Crippen LogP contribution in [-0.2, 0) is 4.79 Å². The Kier molecular flexibility index (Phi) is 4.22. The van der Waals surface area contributed by atoms with Gasteiger partial charge in [-0.1, -0.05) is 48.5 Å². The molecule has 0 unspecified atom stereocenters. The molecule has 1 amide bonds. The fourth-order valence-corrected chi connectivity index (χ4v) is 5.20. The van der Waals surface area contributed by atoms with Gasteiger partial charge in [-0.05, 0) is 48.1 Å². The molecule has 3 aromatic rings. The molecule has 3 aromatic carbocycles. The summed E-state index contributed by atoms with van der Waals surface area (Å²) in [6, 6.07) is 21.8. The summed E-state index contributed by atoms with van der Waals surface area (Å²) in [5.74, 6) is 0.287. The van der Waals surface area contributed by atoms with Crippen LogP contribution in [0.5, 0.6) is 5.75 Å². The van der Waals surface area contributed by atoms with Crippen molar-refractivity contribution in [2.75, 3.05) is 19.0 Å². The molecule has 0 aromatic heterocycles. The van der Waals surface area contributed by atoms with Crippen LogP contribution in [0.1, 0.15) is 18.5 Å². The summed E-state index contributed by atoms with van der Waals surface area (Å²) in [5.41, 5.74) is 0.906. The molecule has 0 spiro atoms. The zero-order chi connectivity index (χ0) is 21.0. The van der Waals surface area contributed by atoms with E-state index in [4.69, 9.17) is 17.0 Å². The number of para-hydroxylation sites is 1. The van der Waals surface area contributed by atoms with Crippen LogP contribution in [0, 0.1) is 5.92 Å². The molecule has 0 aliphatic carbocycles. The second-order valence-corrected chi connectivity index (χ2v) is 8.55. The summed E-state index contributed by atoms with van der Waals surface area (Å²) in [4.78, 5) is 17.0. The third-order valence-corrected chi connectivity index (χ3v) is 6.42. The van der Waals surface area contributed by atoms with E-state index in [9.17, 15) is 4.79 Å². The Morgan fingerprint density at radius 3 is 2.50 bits per heavy atom. The maximum absolute atomic E-state index is 13.5. The van der Waals surface area contributed by atoms with Crippen LogP contribution in [-0.4, -0.2) is 35.7 Å². The summed E-state index contributed by atoms with van der Waals surface area (Å²) < 4.78 is 6.67. The number of rotatable bonds is 2. The van der Waals surface area contributed by atoms with Crippen LogP contribution in [0.4, 0.5) is 5.69 Å². The molecule has 3 atom stereocenters. The van der Waals surface area contributed by atoms with Gasteiger partial charge >= 0.3 is 0 Å². The highest BCUT2D eigenvalue weighted by Gasteiger charge is 2.59. The first-order valence-corrected chi connectivity index (χ1v) is 10.4. The van der Waals surface area contributed by atoms with Crippen molar-refractivity contribution in [1.82, 2.24) is 10.2 Å². The van der Waals surface area contributed by atoms with E-state index in [1.807, 2.05) is 60.4 Å². The Hall–Kier alpha value is -3.12. The number of hydrogen-bond acceptors (Lipinski definition) is 3. The second kappa shape index (κ2) is 6.71. The molecule has 1 N–H and O–H groups in total. The average Bonchev–Trinajstić information content (AvgIpc) is 2.73. The largest absolute Gasteiger partial charge is 0.466 e. The Bertz CT molecular complexity index is 1160. The topological polar surface area (TPSA) is 44.8 Å². The predicted molar refractivity (Wildman–Crippen MR) is 123 cm³/mol. The molecule has 2 aliphatic rings. The summed E-state index contributed by atoms with van der Waals surface area (Å²) in [5, 5.41) is 6.22. The molecule has 1 fully saturated rings. The van der Waals surface area contributed by atoms with E-state index in [2.05, 4.69) is 23.5 Å². The first-order chi connectivity index (χ1) is 14.4.